The highest BCUT2D eigenvalue weighted by Crippen LogP contribution is 2.38. The van der Waals surface area contributed by atoms with Gasteiger partial charge in [-0.25, -0.2) is 0 Å². The Bertz CT molecular complexity index is 1610. The average molecular weight is 612 g/mol. The number of hydrogen-bond donors (Lipinski definition) is 1. The Kier molecular flexibility index (Phi) is 10.4. The van der Waals surface area contributed by atoms with Gasteiger partial charge in [-0.05, 0) is 87.9 Å². The summed E-state index contributed by atoms with van der Waals surface area (Å²) >= 11 is 0. The van der Waals surface area contributed by atoms with E-state index in [0.29, 0.717) is 6.61 Å². The molecule has 0 saturated heterocycles. The monoisotopic (exact) mass is 611 g/mol. The zero-order chi connectivity index (χ0) is 31.7. The lowest BCUT2D eigenvalue weighted by Gasteiger charge is -2.36. The Balaban J connectivity index is 1.31. The minimum atomic E-state index is -1.71. The molecule has 0 radical (unpaired) electrons. The molecule has 0 fully saturated rings. The highest BCUT2D eigenvalue weighted by atomic mass is 28.4. The van der Waals surface area contributed by atoms with E-state index in [-0.39, 0.29) is 5.04 Å². The molecule has 0 unspecified atom stereocenters. The average Bonchev–Trinajstić information content (AvgIpc) is 3.05. The molecule has 45 heavy (non-hydrogen) atoms. The van der Waals surface area contributed by atoms with Crippen LogP contribution in [-0.2, 0) is 4.43 Å². The van der Waals surface area contributed by atoms with Crippen molar-refractivity contribution in [2.45, 2.75) is 45.3 Å². The highest BCUT2D eigenvalue weighted by Gasteiger charge is 2.36. The first kappa shape index (κ1) is 32.0. The van der Waals surface area contributed by atoms with Crippen molar-refractivity contribution in [2.75, 3.05) is 18.5 Å². The van der Waals surface area contributed by atoms with E-state index in [1.807, 2.05) is 12.1 Å². The molecule has 0 heterocycles. The summed E-state index contributed by atoms with van der Waals surface area (Å²) in [6.07, 6.45) is 0.883. The number of nitrogens with one attached hydrogen (secondary N) is 1. The molecule has 4 heteroatoms. The van der Waals surface area contributed by atoms with E-state index in [9.17, 15) is 0 Å². The predicted molar refractivity (Wildman–Crippen MR) is 194 cm³/mol. The van der Waals surface area contributed by atoms with Crippen molar-refractivity contribution in [3.05, 3.63) is 162 Å². The normalized spacial score (nSPS) is 11.6. The van der Waals surface area contributed by atoms with Crippen molar-refractivity contribution >= 4 is 30.8 Å². The number of ether oxygens (including phenoxy) is 1. The maximum atomic E-state index is 6.27. The van der Waals surface area contributed by atoms with Gasteiger partial charge in [-0.15, -0.1) is 0 Å². The Morgan fingerprint density at radius 2 is 0.933 bits per heavy atom. The first-order valence-corrected chi connectivity index (χ1v) is 18.8. The van der Waals surface area contributed by atoms with Crippen LogP contribution in [0.2, 0.25) is 18.1 Å². The van der Waals surface area contributed by atoms with Crippen LogP contribution in [0.3, 0.4) is 0 Å². The summed E-state index contributed by atoms with van der Waals surface area (Å²) in [7, 11) is -1.71. The van der Waals surface area contributed by atoms with Gasteiger partial charge in [-0.2, -0.15) is 0 Å². The molecule has 0 bridgehead atoms. The number of benzene rings is 5. The first-order chi connectivity index (χ1) is 21.7. The molecule has 0 aliphatic carbocycles. The second-order valence-corrected chi connectivity index (χ2v) is 17.7. The molecule has 0 saturated carbocycles. The number of rotatable bonds is 12. The molecule has 0 aliphatic rings. The van der Waals surface area contributed by atoms with E-state index < -0.39 is 8.32 Å². The van der Waals surface area contributed by atoms with E-state index in [1.54, 1.807) is 0 Å². The third-order valence-electron chi connectivity index (χ3n) is 8.58. The molecule has 5 rings (SSSR count). The molecule has 5 aromatic carbocycles. The van der Waals surface area contributed by atoms with Crippen LogP contribution in [0.15, 0.2) is 140 Å². The second-order valence-electron chi connectivity index (χ2n) is 12.9. The summed E-state index contributed by atoms with van der Waals surface area (Å²) in [5, 5.41) is 3.78. The standard InChI is InChI=1S/C41H45NO2Si/c1-41(2,3)45(4,5)44-31-15-30-43-38-28-26-37(27-29-38)42-36-24-22-35(23-25-36)40(34-20-13-8-14-21-34)39(32-16-9-6-10-17-32)33-18-11-7-12-19-33/h6-14,16-29,42H,15,30-31H2,1-5H3. The van der Waals surface area contributed by atoms with E-state index in [0.717, 1.165) is 35.7 Å². The van der Waals surface area contributed by atoms with Gasteiger partial charge in [-0.1, -0.05) is 124 Å². The van der Waals surface area contributed by atoms with Gasteiger partial charge in [0.05, 0.1) is 6.61 Å². The lowest BCUT2D eigenvalue weighted by atomic mass is 9.86. The molecule has 230 valence electrons. The van der Waals surface area contributed by atoms with Crippen molar-refractivity contribution < 1.29 is 9.16 Å². The molecular weight excluding hydrogens is 567 g/mol. The fourth-order valence-electron chi connectivity index (χ4n) is 5.04. The maximum Gasteiger partial charge on any atom is 0.191 e. The van der Waals surface area contributed by atoms with E-state index >= 15 is 0 Å². The van der Waals surface area contributed by atoms with Crippen molar-refractivity contribution in [1.29, 1.82) is 0 Å². The zero-order valence-electron chi connectivity index (χ0n) is 27.2. The minimum Gasteiger partial charge on any atom is -0.494 e. The van der Waals surface area contributed by atoms with E-state index in [2.05, 4.69) is 167 Å². The molecule has 1 N–H and O–H groups in total. The third-order valence-corrected chi connectivity index (χ3v) is 13.1. The third kappa shape index (κ3) is 8.42. The first-order valence-electron chi connectivity index (χ1n) is 15.9. The Morgan fingerprint density at radius 3 is 1.36 bits per heavy atom. The fourth-order valence-corrected chi connectivity index (χ4v) is 6.13. The summed E-state index contributed by atoms with van der Waals surface area (Å²) in [6.45, 7) is 12.8. The van der Waals surface area contributed by atoms with Crippen LogP contribution in [0.1, 0.15) is 49.4 Å². The van der Waals surface area contributed by atoms with E-state index in [4.69, 9.17) is 9.16 Å². The maximum absolute atomic E-state index is 6.27. The summed E-state index contributed by atoms with van der Waals surface area (Å²) < 4.78 is 12.3. The second kappa shape index (κ2) is 14.6. The van der Waals surface area contributed by atoms with Crippen LogP contribution in [-0.4, -0.2) is 21.5 Å². The molecule has 3 nitrogen and oxygen atoms in total. The van der Waals surface area contributed by atoms with Crippen LogP contribution >= 0.6 is 0 Å². The van der Waals surface area contributed by atoms with Crippen molar-refractivity contribution in [3.8, 4) is 5.75 Å². The van der Waals surface area contributed by atoms with Crippen LogP contribution in [0.25, 0.3) is 11.1 Å². The molecular formula is C41H45NO2Si. The van der Waals surface area contributed by atoms with Gasteiger partial charge < -0.3 is 14.5 Å². The van der Waals surface area contributed by atoms with Gasteiger partial charge in [-0.3, -0.25) is 0 Å². The molecule has 0 atom stereocenters. The quantitative estimate of drug-likeness (QED) is 0.0865. The van der Waals surface area contributed by atoms with Gasteiger partial charge >= 0.3 is 0 Å². The SMILES string of the molecule is CC(C)(C)[Si](C)(C)OCCCOc1ccc(Nc2ccc(C(=C(c3ccccc3)c3ccccc3)c3ccccc3)cc2)cc1. The summed E-state index contributed by atoms with van der Waals surface area (Å²) in [6, 6.07) is 48.9. The van der Waals surface area contributed by atoms with Crippen molar-refractivity contribution in [2.24, 2.45) is 0 Å². The minimum absolute atomic E-state index is 0.227. The zero-order valence-corrected chi connectivity index (χ0v) is 28.2. The largest absolute Gasteiger partial charge is 0.494 e. The van der Waals surface area contributed by atoms with Gasteiger partial charge in [0.25, 0.3) is 0 Å². The van der Waals surface area contributed by atoms with Crippen LogP contribution in [0, 0.1) is 0 Å². The Morgan fingerprint density at radius 1 is 0.533 bits per heavy atom. The van der Waals surface area contributed by atoms with Gasteiger partial charge in [0.15, 0.2) is 8.32 Å². The lowest BCUT2D eigenvalue weighted by Crippen LogP contribution is -2.41. The van der Waals surface area contributed by atoms with Crippen LogP contribution in [0.5, 0.6) is 5.75 Å². The molecule has 0 amide bonds. The van der Waals surface area contributed by atoms with Crippen LogP contribution in [0.4, 0.5) is 11.4 Å². The van der Waals surface area contributed by atoms with Crippen molar-refractivity contribution in [3.63, 3.8) is 0 Å². The highest BCUT2D eigenvalue weighted by molar-refractivity contribution is 6.74. The number of anilines is 2. The summed E-state index contributed by atoms with van der Waals surface area (Å²) in [4.78, 5) is 0. The van der Waals surface area contributed by atoms with Gasteiger partial charge in [0.1, 0.15) is 5.75 Å². The van der Waals surface area contributed by atoms with Gasteiger partial charge in [0, 0.05) is 24.4 Å². The molecule has 0 aromatic heterocycles. The van der Waals surface area contributed by atoms with Crippen LogP contribution < -0.4 is 10.1 Å². The predicted octanol–water partition coefficient (Wildman–Crippen LogP) is 11.2. The molecule has 0 spiro atoms. The summed E-state index contributed by atoms with van der Waals surface area (Å²) in [5.74, 6) is 0.871. The molecule has 5 aromatic rings. The summed E-state index contributed by atoms with van der Waals surface area (Å²) in [5.41, 5.74) is 9.19. The van der Waals surface area contributed by atoms with Crippen molar-refractivity contribution in [1.82, 2.24) is 0 Å². The Labute approximate surface area is 270 Å². The fraction of sp³-hybridized carbons (Fsp3) is 0.220. The van der Waals surface area contributed by atoms with Gasteiger partial charge in [0.2, 0.25) is 0 Å². The molecule has 0 aliphatic heterocycles. The smallest absolute Gasteiger partial charge is 0.191 e. The lowest BCUT2D eigenvalue weighted by molar-refractivity contribution is 0.234. The van der Waals surface area contributed by atoms with E-state index in [1.165, 1.54) is 27.8 Å². The topological polar surface area (TPSA) is 30.5 Å². The Hall–Kier alpha value is -4.38. The number of hydrogen-bond acceptors (Lipinski definition) is 3.